The fourth-order valence-electron chi connectivity index (χ4n) is 3.38. The second-order valence-corrected chi connectivity index (χ2v) is 6.97. The van der Waals surface area contributed by atoms with Crippen LogP contribution >= 0.6 is 0 Å². The van der Waals surface area contributed by atoms with E-state index in [9.17, 15) is 9.18 Å². The minimum absolute atomic E-state index is 0.0493. The number of fused-ring (bicyclic) bond motifs is 1. The number of nitrogens with zero attached hydrogens (tertiary/aromatic N) is 1. The van der Waals surface area contributed by atoms with Crippen molar-refractivity contribution in [2.45, 2.75) is 25.7 Å². The molecule has 0 aliphatic carbocycles. The van der Waals surface area contributed by atoms with E-state index in [0.717, 1.165) is 31.2 Å². The number of anilines is 2. The van der Waals surface area contributed by atoms with E-state index in [4.69, 9.17) is 5.11 Å². The Labute approximate surface area is 169 Å². The Balaban J connectivity index is 1.60. The maximum atomic E-state index is 15.2. The first kappa shape index (κ1) is 19.8. The molecule has 0 aliphatic heterocycles. The summed E-state index contributed by atoms with van der Waals surface area (Å²) in [4.78, 5) is 16.4. The zero-order chi connectivity index (χ0) is 21.1. The van der Waals surface area contributed by atoms with Gasteiger partial charge in [-0.3, -0.25) is 9.51 Å². The minimum Gasteiger partial charge on any atom is -0.396 e. The van der Waals surface area contributed by atoms with E-state index in [1.54, 1.807) is 12.1 Å². The first-order valence-electron chi connectivity index (χ1n) is 9.59. The van der Waals surface area contributed by atoms with Crippen LogP contribution in [0.1, 0.15) is 24.8 Å². The molecular formula is C21H20F2N4O3. The average Bonchev–Trinajstić information content (AvgIpc) is 3.35. The van der Waals surface area contributed by atoms with Crippen LogP contribution in [0.15, 0.2) is 45.8 Å². The number of rotatable bonds is 8. The van der Waals surface area contributed by atoms with Crippen molar-refractivity contribution < 1.29 is 18.4 Å². The van der Waals surface area contributed by atoms with Gasteiger partial charge in [0.05, 0.1) is 5.52 Å². The zero-order valence-corrected chi connectivity index (χ0v) is 16.0. The van der Waals surface area contributed by atoms with Crippen molar-refractivity contribution in [3.05, 3.63) is 64.3 Å². The molecule has 0 bridgehead atoms. The third kappa shape index (κ3) is 3.97. The molecule has 0 amide bonds. The Morgan fingerprint density at radius 1 is 1.13 bits per heavy atom. The smallest absolute Gasteiger partial charge is 0.396 e. The highest BCUT2D eigenvalue weighted by molar-refractivity contribution is 5.97. The molecule has 0 spiro atoms. The number of aryl methyl sites for hydroxylation is 1. The lowest BCUT2D eigenvalue weighted by Crippen LogP contribution is -1.99. The van der Waals surface area contributed by atoms with Crippen LogP contribution in [0.3, 0.4) is 0 Å². The van der Waals surface area contributed by atoms with Gasteiger partial charge in [-0.15, -0.1) is 0 Å². The van der Waals surface area contributed by atoms with E-state index >= 15 is 4.39 Å². The van der Waals surface area contributed by atoms with Crippen molar-refractivity contribution in [2.75, 3.05) is 11.9 Å². The second kappa shape index (κ2) is 8.50. The van der Waals surface area contributed by atoms with Gasteiger partial charge in [0.1, 0.15) is 5.69 Å². The molecule has 0 aliphatic rings. The van der Waals surface area contributed by atoms with Gasteiger partial charge in [0, 0.05) is 35.5 Å². The molecule has 0 radical (unpaired) electrons. The van der Waals surface area contributed by atoms with E-state index < -0.39 is 17.4 Å². The van der Waals surface area contributed by atoms with Gasteiger partial charge in [0.2, 0.25) is 0 Å². The molecule has 2 aromatic heterocycles. The van der Waals surface area contributed by atoms with Gasteiger partial charge in [-0.2, -0.15) is 0 Å². The number of H-pyrrole nitrogens is 2. The molecule has 7 nitrogen and oxygen atoms in total. The molecule has 4 aromatic rings. The van der Waals surface area contributed by atoms with Crippen molar-refractivity contribution in [1.82, 2.24) is 15.1 Å². The number of halogens is 2. The van der Waals surface area contributed by atoms with E-state index in [0.29, 0.717) is 5.69 Å². The quantitative estimate of drug-likeness (QED) is 0.323. The third-order valence-corrected chi connectivity index (χ3v) is 4.90. The van der Waals surface area contributed by atoms with E-state index in [-0.39, 0.29) is 34.6 Å². The molecule has 4 N–H and O–H groups in total. The van der Waals surface area contributed by atoms with Gasteiger partial charge >= 0.3 is 5.76 Å². The van der Waals surface area contributed by atoms with Gasteiger partial charge in [-0.05, 0) is 37.0 Å². The first-order chi connectivity index (χ1) is 14.6. The standard InChI is InChI=1S/C21H20F2N4O3/c22-15-10-16-17(14(11-24-16)20-26-21(29)30-27-20)18(23)19(15)25-13-7-5-12(6-8-13)4-2-1-3-9-28/h5-8,10-11,24-25,28H,1-4,9H2,(H,26,27,29). The predicted octanol–water partition coefficient (Wildman–Crippen LogP) is 4.24. The number of hydrogen-bond donors (Lipinski definition) is 4. The van der Waals surface area contributed by atoms with Gasteiger partial charge in [0.15, 0.2) is 17.5 Å². The van der Waals surface area contributed by atoms with Crippen molar-refractivity contribution in [3.63, 3.8) is 0 Å². The first-order valence-corrected chi connectivity index (χ1v) is 9.59. The summed E-state index contributed by atoms with van der Waals surface area (Å²) in [5, 5.41) is 15.3. The van der Waals surface area contributed by atoms with Gasteiger partial charge in [-0.1, -0.05) is 23.7 Å². The summed E-state index contributed by atoms with van der Waals surface area (Å²) in [7, 11) is 0. The molecular weight excluding hydrogens is 394 g/mol. The summed E-state index contributed by atoms with van der Waals surface area (Å²) < 4.78 is 34.3. The van der Waals surface area contributed by atoms with Crippen LogP contribution in [0.4, 0.5) is 20.2 Å². The number of benzene rings is 2. The number of nitrogens with one attached hydrogen (secondary N) is 3. The normalized spacial score (nSPS) is 11.3. The van der Waals surface area contributed by atoms with Crippen molar-refractivity contribution in [1.29, 1.82) is 0 Å². The zero-order valence-electron chi connectivity index (χ0n) is 16.0. The average molecular weight is 414 g/mol. The lowest BCUT2D eigenvalue weighted by Gasteiger charge is -2.11. The molecule has 0 saturated heterocycles. The summed E-state index contributed by atoms with van der Waals surface area (Å²) >= 11 is 0. The Morgan fingerprint density at radius 3 is 2.63 bits per heavy atom. The molecule has 0 fully saturated rings. The SMILES string of the molecule is O=c1[nH]c(-c2c[nH]c3cc(F)c(Nc4ccc(CCCCCO)cc4)c(F)c23)no1. The van der Waals surface area contributed by atoms with Crippen LogP contribution in [0, 0.1) is 11.6 Å². The number of hydrogen-bond acceptors (Lipinski definition) is 5. The lowest BCUT2D eigenvalue weighted by molar-refractivity contribution is 0.283. The van der Waals surface area contributed by atoms with Crippen LogP contribution in [0.5, 0.6) is 0 Å². The van der Waals surface area contributed by atoms with Crippen LogP contribution in [-0.4, -0.2) is 26.8 Å². The molecule has 0 saturated carbocycles. The molecule has 9 heteroatoms. The number of aromatic nitrogens is 3. The molecule has 30 heavy (non-hydrogen) atoms. The fourth-order valence-corrected chi connectivity index (χ4v) is 3.38. The van der Waals surface area contributed by atoms with Crippen molar-refractivity contribution >= 4 is 22.3 Å². The second-order valence-electron chi connectivity index (χ2n) is 6.97. The molecule has 156 valence electrons. The maximum absolute atomic E-state index is 15.2. The molecule has 2 heterocycles. The maximum Gasteiger partial charge on any atom is 0.439 e. The number of unbranched alkanes of at least 4 members (excludes halogenated alkanes) is 2. The molecule has 4 rings (SSSR count). The highest BCUT2D eigenvalue weighted by Gasteiger charge is 2.20. The van der Waals surface area contributed by atoms with Crippen molar-refractivity contribution in [2.24, 2.45) is 0 Å². The van der Waals surface area contributed by atoms with Gasteiger partial charge < -0.3 is 15.4 Å². The fraction of sp³-hybridized carbons (Fsp3) is 0.238. The largest absolute Gasteiger partial charge is 0.439 e. The topological polar surface area (TPSA) is 107 Å². The Hall–Kier alpha value is -3.46. The Bertz CT molecular complexity index is 1210. The summed E-state index contributed by atoms with van der Waals surface area (Å²) in [6, 6.07) is 8.50. The number of aromatic amines is 2. The minimum atomic E-state index is -0.807. The number of aliphatic hydroxyl groups excluding tert-OH is 1. The van der Waals surface area contributed by atoms with Crippen LogP contribution in [0.2, 0.25) is 0 Å². The molecule has 0 unspecified atom stereocenters. The van der Waals surface area contributed by atoms with E-state index in [1.807, 2.05) is 12.1 Å². The van der Waals surface area contributed by atoms with E-state index in [1.165, 1.54) is 12.3 Å². The monoisotopic (exact) mass is 414 g/mol. The number of aliphatic hydroxyl groups is 1. The lowest BCUT2D eigenvalue weighted by atomic mass is 10.1. The van der Waals surface area contributed by atoms with Crippen LogP contribution in [-0.2, 0) is 6.42 Å². The van der Waals surface area contributed by atoms with Gasteiger partial charge in [0.25, 0.3) is 0 Å². The third-order valence-electron chi connectivity index (χ3n) is 4.90. The highest BCUT2D eigenvalue weighted by Crippen LogP contribution is 2.35. The predicted molar refractivity (Wildman–Crippen MR) is 109 cm³/mol. The Morgan fingerprint density at radius 2 is 1.93 bits per heavy atom. The summed E-state index contributed by atoms with van der Waals surface area (Å²) in [6.45, 7) is 0.194. The van der Waals surface area contributed by atoms with Gasteiger partial charge in [-0.25, -0.2) is 13.6 Å². The van der Waals surface area contributed by atoms with Crippen molar-refractivity contribution in [3.8, 4) is 11.4 Å². The summed E-state index contributed by atoms with van der Waals surface area (Å²) in [5.74, 6) is -2.28. The van der Waals surface area contributed by atoms with Crippen LogP contribution < -0.4 is 11.1 Å². The Kier molecular flexibility index (Phi) is 5.62. The molecule has 0 atom stereocenters. The van der Waals surface area contributed by atoms with Crippen LogP contribution in [0.25, 0.3) is 22.3 Å². The molecule has 2 aromatic carbocycles. The summed E-state index contributed by atoms with van der Waals surface area (Å²) in [5.41, 5.74) is 1.84. The highest BCUT2D eigenvalue weighted by atomic mass is 19.1. The van der Waals surface area contributed by atoms with E-state index in [2.05, 4.69) is 25.0 Å². The summed E-state index contributed by atoms with van der Waals surface area (Å²) in [6.07, 6.45) is 4.99.